The Morgan fingerprint density at radius 3 is 2.61 bits per heavy atom. The lowest BCUT2D eigenvalue weighted by atomic mass is 10.1. The minimum absolute atomic E-state index is 0.142. The summed E-state index contributed by atoms with van der Waals surface area (Å²) in [6.07, 6.45) is 2.90. The number of halogens is 1. The summed E-state index contributed by atoms with van der Waals surface area (Å²) >= 11 is 6.08. The zero-order chi connectivity index (χ0) is 16.6. The fraction of sp³-hybridized carbons (Fsp3) is 0.200. The number of benzene rings is 1. The first-order chi connectivity index (χ1) is 10.8. The Bertz CT molecular complexity index is 857. The molecule has 0 saturated carbocycles. The molecular weight excluding hydrogens is 318 g/mol. The smallest absolute Gasteiger partial charge is 0.214 e. The number of aromatic hydroxyl groups is 1. The molecular formula is C15H14ClN5O2. The molecule has 0 aliphatic rings. The van der Waals surface area contributed by atoms with Gasteiger partial charge in [0, 0.05) is 16.7 Å². The minimum Gasteiger partial charge on any atom is -0.493 e. The normalized spacial score (nSPS) is 11.7. The lowest BCUT2D eigenvalue weighted by molar-refractivity contribution is 0.0737. The molecule has 0 aliphatic carbocycles. The predicted molar refractivity (Wildman–Crippen MR) is 84.3 cm³/mol. The van der Waals surface area contributed by atoms with Crippen LogP contribution in [0.15, 0.2) is 36.8 Å². The van der Waals surface area contributed by atoms with Crippen LogP contribution in [0.4, 0.5) is 0 Å². The van der Waals surface area contributed by atoms with E-state index in [0.717, 1.165) is 0 Å². The van der Waals surface area contributed by atoms with Crippen LogP contribution in [0.3, 0.4) is 0 Å². The van der Waals surface area contributed by atoms with Crippen molar-refractivity contribution >= 4 is 11.6 Å². The Morgan fingerprint density at radius 2 is 1.96 bits per heavy atom. The molecule has 0 unspecified atom stereocenters. The van der Waals surface area contributed by atoms with Gasteiger partial charge in [-0.15, -0.1) is 5.10 Å². The molecule has 2 N–H and O–H groups in total. The van der Waals surface area contributed by atoms with Crippen molar-refractivity contribution in [3.8, 4) is 22.8 Å². The van der Waals surface area contributed by atoms with Crippen LogP contribution in [0.5, 0.6) is 5.88 Å². The van der Waals surface area contributed by atoms with Crippen molar-refractivity contribution in [3.63, 3.8) is 0 Å². The lowest BCUT2D eigenvalue weighted by Gasteiger charge is -2.12. The van der Waals surface area contributed by atoms with Gasteiger partial charge in [-0.05, 0) is 32.0 Å². The van der Waals surface area contributed by atoms with Gasteiger partial charge < -0.3 is 10.2 Å². The van der Waals surface area contributed by atoms with Gasteiger partial charge in [0.1, 0.15) is 17.6 Å². The maximum Gasteiger partial charge on any atom is 0.214 e. The first kappa shape index (κ1) is 15.4. The highest BCUT2D eigenvalue weighted by molar-refractivity contribution is 6.31. The highest BCUT2D eigenvalue weighted by Gasteiger charge is 2.21. The van der Waals surface area contributed by atoms with Crippen LogP contribution >= 0.6 is 11.6 Å². The Morgan fingerprint density at radius 1 is 1.17 bits per heavy atom. The monoisotopic (exact) mass is 331 g/mol. The van der Waals surface area contributed by atoms with Gasteiger partial charge in [0.05, 0.1) is 17.6 Å². The first-order valence-electron chi connectivity index (χ1n) is 6.81. The van der Waals surface area contributed by atoms with Crippen LogP contribution in [-0.4, -0.2) is 35.2 Å². The van der Waals surface area contributed by atoms with Crippen molar-refractivity contribution in [2.24, 2.45) is 0 Å². The maximum atomic E-state index is 10.0. The average molecular weight is 332 g/mol. The summed E-state index contributed by atoms with van der Waals surface area (Å²) in [5, 5.41) is 28.1. The van der Waals surface area contributed by atoms with E-state index in [4.69, 9.17) is 11.6 Å². The fourth-order valence-corrected chi connectivity index (χ4v) is 2.24. The second-order valence-corrected chi connectivity index (χ2v) is 5.97. The first-order valence-corrected chi connectivity index (χ1v) is 7.19. The summed E-state index contributed by atoms with van der Waals surface area (Å²) in [5.74, 6) is -0.142. The Balaban J connectivity index is 2.15. The SMILES string of the molecule is CC(C)(O)c1cn(-c2ccc(Cl)cc2-c2cc(O)ncn2)nn1. The van der Waals surface area contributed by atoms with E-state index in [1.165, 1.54) is 17.1 Å². The van der Waals surface area contributed by atoms with Gasteiger partial charge in [-0.3, -0.25) is 0 Å². The zero-order valence-corrected chi connectivity index (χ0v) is 13.2. The largest absolute Gasteiger partial charge is 0.493 e. The second kappa shape index (κ2) is 5.60. The predicted octanol–water partition coefficient (Wildman–Crippen LogP) is 2.31. The summed E-state index contributed by atoms with van der Waals surface area (Å²) in [4.78, 5) is 7.82. The van der Waals surface area contributed by atoms with Gasteiger partial charge in [-0.25, -0.2) is 14.6 Å². The molecule has 23 heavy (non-hydrogen) atoms. The topological polar surface area (TPSA) is 97.0 Å². The van der Waals surface area contributed by atoms with Gasteiger partial charge >= 0.3 is 0 Å². The molecule has 0 saturated heterocycles. The highest BCUT2D eigenvalue weighted by Crippen LogP contribution is 2.29. The summed E-state index contributed by atoms with van der Waals surface area (Å²) in [6.45, 7) is 3.26. The Kier molecular flexibility index (Phi) is 3.75. The van der Waals surface area contributed by atoms with E-state index in [0.29, 0.717) is 27.7 Å². The maximum absolute atomic E-state index is 10.0. The number of rotatable bonds is 3. The third-order valence-electron chi connectivity index (χ3n) is 3.25. The molecule has 0 amide bonds. The molecule has 0 aliphatic heterocycles. The van der Waals surface area contributed by atoms with Crippen LogP contribution in [0.2, 0.25) is 5.02 Å². The van der Waals surface area contributed by atoms with Crippen molar-refractivity contribution in [1.82, 2.24) is 25.0 Å². The third kappa shape index (κ3) is 3.15. The summed E-state index contributed by atoms with van der Waals surface area (Å²) in [6, 6.07) is 6.62. The van der Waals surface area contributed by atoms with Crippen LogP contribution in [0.25, 0.3) is 16.9 Å². The molecule has 1 aromatic carbocycles. The van der Waals surface area contributed by atoms with E-state index in [1.54, 1.807) is 38.2 Å². The highest BCUT2D eigenvalue weighted by atomic mass is 35.5. The van der Waals surface area contributed by atoms with Crippen LogP contribution < -0.4 is 0 Å². The van der Waals surface area contributed by atoms with Gasteiger partial charge in [0.25, 0.3) is 0 Å². The number of hydrogen-bond acceptors (Lipinski definition) is 6. The van der Waals surface area contributed by atoms with Gasteiger partial charge in [-0.1, -0.05) is 16.8 Å². The van der Waals surface area contributed by atoms with Crippen LogP contribution in [0.1, 0.15) is 19.5 Å². The van der Waals surface area contributed by atoms with Crippen LogP contribution in [-0.2, 0) is 5.60 Å². The standard InChI is InChI=1S/C15H14ClN5O2/c1-15(2,23)13-7-21(20-19-13)12-4-3-9(16)5-10(12)11-6-14(22)18-8-17-11/h3-8,23H,1-2H3,(H,17,18,22). The van der Waals surface area contributed by atoms with E-state index in [-0.39, 0.29) is 5.88 Å². The third-order valence-corrected chi connectivity index (χ3v) is 3.49. The molecule has 0 atom stereocenters. The minimum atomic E-state index is -1.10. The molecule has 118 valence electrons. The number of aliphatic hydroxyl groups is 1. The summed E-state index contributed by atoms with van der Waals surface area (Å²) in [5.41, 5.74) is 1.15. The van der Waals surface area contributed by atoms with Crippen molar-refractivity contribution in [3.05, 3.63) is 47.5 Å². The Labute approximate surface area is 137 Å². The molecule has 3 aromatic rings. The molecule has 2 aromatic heterocycles. The fourth-order valence-electron chi connectivity index (χ4n) is 2.07. The molecule has 0 bridgehead atoms. The molecule has 7 nitrogen and oxygen atoms in total. The van der Waals surface area contributed by atoms with Gasteiger partial charge in [-0.2, -0.15) is 0 Å². The molecule has 8 heteroatoms. The second-order valence-electron chi connectivity index (χ2n) is 5.53. The number of aromatic nitrogens is 5. The molecule has 0 fully saturated rings. The van der Waals surface area contributed by atoms with Gasteiger partial charge in [0.15, 0.2) is 0 Å². The van der Waals surface area contributed by atoms with E-state index in [1.807, 2.05) is 0 Å². The average Bonchev–Trinajstić information content (AvgIpc) is 2.97. The van der Waals surface area contributed by atoms with E-state index in [2.05, 4.69) is 20.3 Å². The molecule has 2 heterocycles. The van der Waals surface area contributed by atoms with E-state index in [9.17, 15) is 10.2 Å². The summed E-state index contributed by atoms with van der Waals surface area (Å²) in [7, 11) is 0. The summed E-state index contributed by atoms with van der Waals surface area (Å²) < 4.78 is 1.53. The van der Waals surface area contributed by atoms with E-state index < -0.39 is 5.60 Å². The van der Waals surface area contributed by atoms with E-state index >= 15 is 0 Å². The zero-order valence-electron chi connectivity index (χ0n) is 12.5. The molecule has 3 rings (SSSR count). The van der Waals surface area contributed by atoms with Crippen LogP contribution in [0, 0.1) is 0 Å². The number of nitrogens with zero attached hydrogens (tertiary/aromatic N) is 5. The molecule has 0 radical (unpaired) electrons. The molecule has 0 spiro atoms. The van der Waals surface area contributed by atoms with Crippen molar-refractivity contribution in [2.75, 3.05) is 0 Å². The Hall–Kier alpha value is -2.51. The van der Waals surface area contributed by atoms with Crippen molar-refractivity contribution in [1.29, 1.82) is 0 Å². The lowest BCUT2D eigenvalue weighted by Crippen LogP contribution is -2.15. The van der Waals surface area contributed by atoms with Crippen molar-refractivity contribution in [2.45, 2.75) is 19.4 Å². The number of hydrogen-bond donors (Lipinski definition) is 2. The quantitative estimate of drug-likeness (QED) is 0.764. The van der Waals surface area contributed by atoms with Gasteiger partial charge in [0.2, 0.25) is 5.88 Å². The van der Waals surface area contributed by atoms with Crippen molar-refractivity contribution < 1.29 is 10.2 Å².